The molecule has 86 valence electrons. The molecule has 2 aliphatic rings. The van der Waals surface area contributed by atoms with Crippen molar-refractivity contribution in [1.29, 1.82) is 0 Å². The van der Waals surface area contributed by atoms with E-state index in [9.17, 15) is 4.79 Å². The molecule has 2 N–H and O–H groups in total. The Morgan fingerprint density at radius 1 is 1.53 bits per heavy atom. The summed E-state index contributed by atoms with van der Waals surface area (Å²) in [7, 11) is 0. The molecule has 15 heavy (non-hydrogen) atoms. The van der Waals surface area contributed by atoms with Crippen molar-refractivity contribution in [2.75, 3.05) is 6.54 Å². The van der Waals surface area contributed by atoms with E-state index in [4.69, 9.17) is 4.74 Å². The first-order valence-electron chi connectivity index (χ1n) is 5.58. The monoisotopic (exact) mass is 212 g/mol. The van der Waals surface area contributed by atoms with Crippen LogP contribution in [-0.2, 0) is 4.74 Å². The smallest absolute Gasteiger partial charge is 0.408 e. The molecule has 0 bridgehead atoms. The van der Waals surface area contributed by atoms with Gasteiger partial charge in [-0.3, -0.25) is 0 Å². The average molecular weight is 212 g/mol. The third-order valence-corrected chi connectivity index (χ3v) is 3.33. The second-order valence-corrected chi connectivity index (χ2v) is 5.70. The van der Waals surface area contributed by atoms with Crippen LogP contribution in [0.3, 0.4) is 0 Å². The van der Waals surface area contributed by atoms with Crippen LogP contribution in [0.5, 0.6) is 0 Å². The summed E-state index contributed by atoms with van der Waals surface area (Å²) < 4.78 is 5.26. The molecular formula is C11H20N2O2. The van der Waals surface area contributed by atoms with E-state index in [2.05, 4.69) is 17.6 Å². The minimum absolute atomic E-state index is 0.0255. The summed E-state index contributed by atoms with van der Waals surface area (Å²) in [5.74, 6) is 0.597. The van der Waals surface area contributed by atoms with Crippen molar-refractivity contribution in [1.82, 2.24) is 10.6 Å². The molecule has 0 unspecified atom stereocenters. The number of carbonyl (C=O) groups is 1. The van der Waals surface area contributed by atoms with Gasteiger partial charge in [0.15, 0.2) is 0 Å². The number of hydrogen-bond donors (Lipinski definition) is 2. The average Bonchev–Trinajstić information content (AvgIpc) is 2.64. The highest BCUT2D eigenvalue weighted by molar-refractivity contribution is 5.70. The Kier molecular flexibility index (Phi) is 2.23. The first kappa shape index (κ1) is 10.7. The maximum absolute atomic E-state index is 11.6. The zero-order valence-corrected chi connectivity index (χ0v) is 9.89. The molecule has 1 heterocycles. The van der Waals surface area contributed by atoms with Gasteiger partial charge in [-0.1, -0.05) is 0 Å². The molecule has 1 aliphatic carbocycles. The fourth-order valence-corrected chi connectivity index (χ4v) is 2.39. The fourth-order valence-electron chi connectivity index (χ4n) is 2.39. The quantitative estimate of drug-likeness (QED) is 0.688. The van der Waals surface area contributed by atoms with Gasteiger partial charge in [-0.2, -0.15) is 0 Å². The lowest BCUT2D eigenvalue weighted by Crippen LogP contribution is -2.48. The summed E-state index contributed by atoms with van der Waals surface area (Å²) in [4.78, 5) is 11.6. The zero-order chi connectivity index (χ0) is 11.3. The summed E-state index contributed by atoms with van der Waals surface area (Å²) >= 11 is 0. The molecule has 1 aliphatic heterocycles. The minimum atomic E-state index is -0.416. The molecule has 0 aromatic heterocycles. The molecule has 0 aromatic rings. The van der Waals surface area contributed by atoms with Crippen molar-refractivity contribution in [2.45, 2.75) is 51.3 Å². The number of hydrogen-bond acceptors (Lipinski definition) is 3. The normalized spacial score (nSPS) is 38.4. The van der Waals surface area contributed by atoms with Crippen molar-refractivity contribution >= 4 is 6.09 Å². The maximum Gasteiger partial charge on any atom is 0.408 e. The number of nitrogens with one attached hydrogen (secondary N) is 2. The second-order valence-electron chi connectivity index (χ2n) is 5.70. The van der Waals surface area contributed by atoms with Crippen LogP contribution < -0.4 is 10.6 Å². The third kappa shape index (κ3) is 1.95. The van der Waals surface area contributed by atoms with E-state index in [0.717, 1.165) is 13.0 Å². The summed E-state index contributed by atoms with van der Waals surface area (Å²) in [6.45, 7) is 8.77. The predicted molar refractivity (Wildman–Crippen MR) is 57.7 cm³/mol. The first-order valence-corrected chi connectivity index (χ1v) is 5.58. The highest BCUT2D eigenvalue weighted by Gasteiger charge is 2.62. The summed E-state index contributed by atoms with van der Waals surface area (Å²) in [5.41, 5.74) is -0.442. The van der Waals surface area contributed by atoms with Crippen LogP contribution in [0.15, 0.2) is 0 Å². The Morgan fingerprint density at radius 2 is 2.20 bits per heavy atom. The molecule has 2 fully saturated rings. The van der Waals surface area contributed by atoms with Crippen LogP contribution in [0.2, 0.25) is 0 Å². The lowest BCUT2D eigenvalue weighted by atomic mass is 10.1. The van der Waals surface area contributed by atoms with Gasteiger partial charge in [0.25, 0.3) is 0 Å². The van der Waals surface area contributed by atoms with Crippen LogP contribution in [0.25, 0.3) is 0 Å². The van der Waals surface area contributed by atoms with Gasteiger partial charge in [-0.05, 0) is 40.0 Å². The third-order valence-electron chi connectivity index (χ3n) is 3.33. The predicted octanol–water partition coefficient (Wildman–Crippen LogP) is 1.26. The standard InChI is InChI=1S/C11H20N2O2/c1-7-11(5-8(11)6-12-7)13-9(14)15-10(2,3)4/h7-8,12H,5-6H2,1-4H3,(H,13,14)/t7-,8+,11+/m0/s1. The Balaban J connectivity index is 1.90. The zero-order valence-electron chi connectivity index (χ0n) is 9.89. The molecule has 3 atom stereocenters. The number of carbonyl (C=O) groups excluding carboxylic acids is 1. The van der Waals surface area contributed by atoms with Crippen molar-refractivity contribution in [3.8, 4) is 0 Å². The molecule has 0 radical (unpaired) electrons. The van der Waals surface area contributed by atoms with E-state index < -0.39 is 5.60 Å². The van der Waals surface area contributed by atoms with Crippen molar-refractivity contribution in [3.63, 3.8) is 0 Å². The molecule has 1 saturated heterocycles. The number of amides is 1. The van der Waals surface area contributed by atoms with Gasteiger partial charge in [-0.15, -0.1) is 0 Å². The van der Waals surface area contributed by atoms with Gasteiger partial charge in [0, 0.05) is 12.6 Å². The molecular weight excluding hydrogens is 192 g/mol. The highest BCUT2D eigenvalue weighted by atomic mass is 16.6. The fraction of sp³-hybridized carbons (Fsp3) is 0.909. The second kappa shape index (κ2) is 3.11. The topological polar surface area (TPSA) is 50.4 Å². The highest BCUT2D eigenvalue weighted by Crippen LogP contribution is 2.49. The van der Waals surface area contributed by atoms with Crippen molar-refractivity contribution in [2.24, 2.45) is 5.92 Å². The van der Waals surface area contributed by atoms with E-state index in [0.29, 0.717) is 12.0 Å². The van der Waals surface area contributed by atoms with E-state index >= 15 is 0 Å². The number of alkyl carbamates (subject to hydrolysis) is 1. The van der Waals surface area contributed by atoms with E-state index in [-0.39, 0.29) is 11.6 Å². The van der Waals surface area contributed by atoms with Crippen LogP contribution in [-0.4, -0.2) is 29.8 Å². The minimum Gasteiger partial charge on any atom is -0.444 e. The molecule has 1 saturated carbocycles. The summed E-state index contributed by atoms with van der Waals surface area (Å²) in [5, 5.41) is 6.37. The Bertz CT molecular complexity index is 285. The van der Waals surface area contributed by atoms with Gasteiger partial charge in [0.2, 0.25) is 0 Å². The maximum atomic E-state index is 11.6. The first-order chi connectivity index (χ1) is 6.83. The SMILES string of the molecule is C[C@@H]1NC[C@H]2C[C@]21NC(=O)OC(C)(C)C. The van der Waals surface area contributed by atoms with Crippen molar-refractivity contribution in [3.05, 3.63) is 0 Å². The molecule has 0 spiro atoms. The summed E-state index contributed by atoms with van der Waals surface area (Å²) in [6.07, 6.45) is 0.793. The molecule has 4 heteroatoms. The van der Waals surface area contributed by atoms with Gasteiger partial charge >= 0.3 is 6.09 Å². The van der Waals surface area contributed by atoms with Gasteiger partial charge in [0.1, 0.15) is 5.60 Å². The molecule has 2 rings (SSSR count). The van der Waals surface area contributed by atoms with E-state index in [1.165, 1.54) is 0 Å². The van der Waals surface area contributed by atoms with E-state index in [1.54, 1.807) is 0 Å². The van der Waals surface area contributed by atoms with Crippen LogP contribution >= 0.6 is 0 Å². The van der Waals surface area contributed by atoms with Crippen LogP contribution in [0.1, 0.15) is 34.1 Å². The largest absolute Gasteiger partial charge is 0.444 e. The number of fused-ring (bicyclic) bond motifs is 1. The Labute approximate surface area is 90.8 Å². The van der Waals surface area contributed by atoms with Crippen molar-refractivity contribution < 1.29 is 9.53 Å². The summed E-state index contributed by atoms with van der Waals surface area (Å²) in [6, 6.07) is 0.356. The van der Waals surface area contributed by atoms with Crippen LogP contribution in [0, 0.1) is 5.92 Å². The molecule has 1 amide bonds. The van der Waals surface area contributed by atoms with Gasteiger partial charge in [-0.25, -0.2) is 4.79 Å². The Hall–Kier alpha value is -0.770. The lowest BCUT2D eigenvalue weighted by molar-refractivity contribution is 0.0488. The number of piperidine rings is 1. The molecule has 4 nitrogen and oxygen atoms in total. The molecule has 0 aromatic carbocycles. The van der Waals surface area contributed by atoms with Gasteiger partial charge < -0.3 is 15.4 Å². The lowest BCUT2D eigenvalue weighted by Gasteiger charge is -2.25. The Morgan fingerprint density at radius 3 is 2.60 bits per heavy atom. The number of ether oxygens (including phenoxy) is 1. The van der Waals surface area contributed by atoms with Crippen LogP contribution in [0.4, 0.5) is 4.79 Å². The number of rotatable bonds is 1. The van der Waals surface area contributed by atoms with Gasteiger partial charge in [0.05, 0.1) is 5.54 Å². The van der Waals surface area contributed by atoms with E-state index in [1.807, 2.05) is 20.8 Å².